The summed E-state index contributed by atoms with van der Waals surface area (Å²) >= 11 is 0. The van der Waals surface area contributed by atoms with Crippen LogP contribution in [0.15, 0.2) is 60.7 Å². The van der Waals surface area contributed by atoms with Crippen molar-refractivity contribution in [1.82, 2.24) is 0 Å². The third-order valence-electron chi connectivity index (χ3n) is 4.89. The molecule has 3 aromatic carbocycles. The highest BCUT2D eigenvalue weighted by molar-refractivity contribution is 5.97. The van der Waals surface area contributed by atoms with E-state index in [1.165, 1.54) is 0 Å². The molecule has 0 aromatic heterocycles. The van der Waals surface area contributed by atoms with Gasteiger partial charge < -0.3 is 20.3 Å². The van der Waals surface area contributed by atoms with Gasteiger partial charge in [0, 0.05) is 35.4 Å². The molecule has 0 radical (unpaired) electrons. The van der Waals surface area contributed by atoms with E-state index in [2.05, 4.69) is 0 Å². The van der Waals surface area contributed by atoms with Crippen LogP contribution in [-0.2, 0) is 15.1 Å². The number of nitrogen functional groups attached to an aromatic ring is 1. The molecule has 2 aliphatic heterocycles. The summed E-state index contributed by atoms with van der Waals surface area (Å²) in [4.78, 5) is 21.6. The van der Waals surface area contributed by atoms with Gasteiger partial charge in [0.2, 0.25) is 0 Å². The number of benzene rings is 3. The number of aliphatic carboxylic acids is 1. The first-order valence-corrected chi connectivity index (χ1v) is 9.04. The number of hydrogen-bond acceptors (Lipinski definition) is 5. The Labute approximate surface area is 167 Å². The number of fused-ring (bicyclic) bond motifs is 6. The molecule has 0 fully saturated rings. The van der Waals surface area contributed by atoms with Gasteiger partial charge in [-0.1, -0.05) is 30.3 Å². The molecule has 2 aliphatic rings. The van der Waals surface area contributed by atoms with Crippen LogP contribution >= 0.6 is 0 Å². The predicted octanol–water partition coefficient (Wildman–Crippen LogP) is 4.24. The van der Waals surface area contributed by atoms with Gasteiger partial charge in [0.25, 0.3) is 5.97 Å². The second-order valence-corrected chi connectivity index (χ2v) is 6.99. The Morgan fingerprint density at radius 2 is 1.59 bits per heavy atom. The van der Waals surface area contributed by atoms with Crippen LogP contribution in [0.3, 0.4) is 0 Å². The summed E-state index contributed by atoms with van der Waals surface area (Å²) in [6.45, 7) is 3.08. The van der Waals surface area contributed by atoms with Crippen LogP contribution < -0.4 is 10.5 Å². The van der Waals surface area contributed by atoms with E-state index in [1.807, 2.05) is 49.4 Å². The zero-order valence-corrected chi connectivity index (χ0v) is 15.9. The maximum absolute atomic E-state index is 12.6. The molecule has 6 nitrogen and oxygen atoms in total. The highest BCUT2D eigenvalue weighted by Crippen LogP contribution is 2.56. The second kappa shape index (κ2) is 6.67. The van der Waals surface area contributed by atoms with Crippen LogP contribution in [0.1, 0.15) is 39.5 Å². The number of hydrogen-bond donors (Lipinski definition) is 2. The van der Waals surface area contributed by atoms with Crippen LogP contribution in [0.25, 0.3) is 0 Å². The molecule has 1 unspecified atom stereocenters. The minimum atomic E-state index is -1.00. The van der Waals surface area contributed by atoms with E-state index in [0.717, 1.165) is 29.2 Å². The molecule has 2 heterocycles. The van der Waals surface area contributed by atoms with Crippen LogP contribution in [0, 0.1) is 6.92 Å². The second-order valence-electron chi connectivity index (χ2n) is 6.99. The van der Waals surface area contributed by atoms with E-state index in [-0.39, 0.29) is 5.97 Å². The van der Waals surface area contributed by atoms with Crippen molar-refractivity contribution in [3.63, 3.8) is 0 Å². The van der Waals surface area contributed by atoms with Crippen molar-refractivity contribution in [2.75, 3.05) is 5.73 Å². The average Bonchev–Trinajstić information content (AvgIpc) is 2.95. The standard InChI is InChI=1S/C21H15NO3.C2H4O2/c1-12-6-8-16-18(10-12)24-19-11-13(22)7-9-17(19)21(16)15-5-3-2-4-14(15)20(23)25-21;1-2(3)4/h2-11H,22H2,1H3;1H3,(H,3,4). The van der Waals surface area contributed by atoms with Crippen molar-refractivity contribution in [2.45, 2.75) is 19.4 Å². The number of rotatable bonds is 0. The highest BCUT2D eigenvalue weighted by Gasteiger charge is 2.53. The fourth-order valence-electron chi connectivity index (χ4n) is 3.80. The van der Waals surface area contributed by atoms with Crippen molar-refractivity contribution < 1.29 is 24.2 Å². The van der Waals surface area contributed by atoms with Crippen LogP contribution in [-0.4, -0.2) is 17.0 Å². The van der Waals surface area contributed by atoms with Crippen molar-refractivity contribution in [3.8, 4) is 11.5 Å². The maximum Gasteiger partial charge on any atom is 0.340 e. The van der Waals surface area contributed by atoms with Gasteiger partial charge in [-0.25, -0.2) is 4.79 Å². The van der Waals surface area contributed by atoms with Gasteiger partial charge in [0.05, 0.1) is 5.56 Å². The van der Waals surface area contributed by atoms with Crippen molar-refractivity contribution in [1.29, 1.82) is 0 Å². The maximum atomic E-state index is 12.6. The first kappa shape index (κ1) is 18.6. The Kier molecular flexibility index (Phi) is 4.27. The minimum absolute atomic E-state index is 0.327. The zero-order valence-electron chi connectivity index (χ0n) is 15.9. The topological polar surface area (TPSA) is 98.8 Å². The Morgan fingerprint density at radius 1 is 0.966 bits per heavy atom. The lowest BCUT2D eigenvalue weighted by Gasteiger charge is -2.36. The number of carboxylic acid groups (broad SMARTS) is 1. The predicted molar refractivity (Wildman–Crippen MR) is 107 cm³/mol. The van der Waals surface area contributed by atoms with Crippen LogP contribution in [0.2, 0.25) is 0 Å². The van der Waals surface area contributed by atoms with Gasteiger partial charge in [0.15, 0.2) is 5.60 Å². The largest absolute Gasteiger partial charge is 0.481 e. The zero-order chi connectivity index (χ0) is 20.8. The molecular formula is C23H19NO5. The third-order valence-corrected chi connectivity index (χ3v) is 4.89. The number of aryl methyl sites for hydroxylation is 1. The number of ether oxygens (including phenoxy) is 2. The Hall–Kier alpha value is -3.80. The fourth-order valence-corrected chi connectivity index (χ4v) is 3.80. The first-order valence-electron chi connectivity index (χ1n) is 9.04. The van der Waals surface area contributed by atoms with E-state index in [9.17, 15) is 4.79 Å². The molecule has 0 saturated heterocycles. The lowest BCUT2D eigenvalue weighted by Crippen LogP contribution is -2.33. The minimum Gasteiger partial charge on any atom is -0.481 e. The summed E-state index contributed by atoms with van der Waals surface area (Å²) in [6, 6.07) is 18.9. The molecule has 3 aromatic rings. The molecule has 5 rings (SSSR count). The summed E-state index contributed by atoms with van der Waals surface area (Å²) in [5, 5.41) is 7.42. The molecule has 0 bridgehead atoms. The molecule has 6 heteroatoms. The molecule has 0 aliphatic carbocycles. The quantitative estimate of drug-likeness (QED) is 0.441. The Morgan fingerprint density at radius 3 is 2.31 bits per heavy atom. The lowest BCUT2D eigenvalue weighted by atomic mass is 9.77. The average molecular weight is 389 g/mol. The fraction of sp³-hybridized carbons (Fsp3) is 0.130. The highest BCUT2D eigenvalue weighted by atomic mass is 16.6. The molecular weight excluding hydrogens is 370 g/mol. The van der Waals surface area contributed by atoms with Gasteiger partial charge in [-0.3, -0.25) is 4.79 Å². The summed E-state index contributed by atoms with van der Waals surface area (Å²) in [7, 11) is 0. The van der Waals surface area contributed by atoms with Crippen LogP contribution in [0.4, 0.5) is 5.69 Å². The van der Waals surface area contributed by atoms with Crippen molar-refractivity contribution >= 4 is 17.6 Å². The SMILES string of the molecule is CC(=O)O.Cc1ccc2c(c1)Oc1cc(N)ccc1C21OC(=O)c2ccccc21. The summed E-state index contributed by atoms with van der Waals surface area (Å²) in [5.74, 6) is 0.136. The van der Waals surface area contributed by atoms with E-state index in [1.54, 1.807) is 18.2 Å². The monoisotopic (exact) mass is 389 g/mol. The molecule has 3 N–H and O–H groups in total. The molecule has 0 amide bonds. The summed E-state index contributed by atoms with van der Waals surface area (Å²) in [6.07, 6.45) is 0. The van der Waals surface area contributed by atoms with Gasteiger partial charge in [0.1, 0.15) is 11.5 Å². The van der Waals surface area contributed by atoms with Crippen molar-refractivity contribution in [3.05, 3.63) is 88.5 Å². The van der Waals surface area contributed by atoms with Gasteiger partial charge in [-0.2, -0.15) is 0 Å². The summed E-state index contributed by atoms with van der Waals surface area (Å²) < 4.78 is 12.1. The number of nitrogens with two attached hydrogens (primary N) is 1. The first-order chi connectivity index (χ1) is 13.8. The van der Waals surface area contributed by atoms with E-state index in [4.69, 9.17) is 25.1 Å². The number of esters is 1. The smallest absolute Gasteiger partial charge is 0.340 e. The number of carbonyl (C=O) groups is 2. The number of anilines is 1. The van der Waals surface area contributed by atoms with E-state index < -0.39 is 11.6 Å². The number of carboxylic acids is 1. The van der Waals surface area contributed by atoms with Crippen LogP contribution in [0.5, 0.6) is 11.5 Å². The molecule has 0 saturated carbocycles. The Balaban J connectivity index is 0.000000472. The van der Waals surface area contributed by atoms with E-state index in [0.29, 0.717) is 22.7 Å². The molecule has 29 heavy (non-hydrogen) atoms. The lowest BCUT2D eigenvalue weighted by molar-refractivity contribution is -0.134. The molecule has 1 atom stereocenters. The molecule has 1 spiro atoms. The Bertz CT molecular complexity index is 1100. The molecule has 146 valence electrons. The number of carbonyl (C=O) groups excluding carboxylic acids is 1. The van der Waals surface area contributed by atoms with Gasteiger partial charge in [-0.15, -0.1) is 0 Å². The third kappa shape index (κ3) is 2.89. The van der Waals surface area contributed by atoms with Gasteiger partial charge in [-0.05, 0) is 36.8 Å². The van der Waals surface area contributed by atoms with Gasteiger partial charge >= 0.3 is 5.97 Å². The van der Waals surface area contributed by atoms with Crippen molar-refractivity contribution in [2.24, 2.45) is 0 Å². The summed E-state index contributed by atoms with van der Waals surface area (Å²) in [5.41, 5.74) is 9.65. The van der Waals surface area contributed by atoms with E-state index >= 15 is 0 Å². The normalized spacial score (nSPS) is 17.8.